The molecule has 1 saturated heterocycles. The zero-order chi connectivity index (χ0) is 23.1. The van der Waals surface area contributed by atoms with Crippen molar-refractivity contribution in [2.75, 3.05) is 44.7 Å². The highest BCUT2D eigenvalue weighted by Gasteiger charge is 2.43. The maximum atomic E-state index is 13.3. The number of methoxy groups -OCH3 is 3. The van der Waals surface area contributed by atoms with Crippen molar-refractivity contribution in [1.29, 1.82) is 0 Å². The number of carbonyl (C=O) groups is 2. The second-order valence-corrected chi connectivity index (χ2v) is 7.56. The van der Waals surface area contributed by atoms with Crippen LogP contribution in [0.15, 0.2) is 48.5 Å². The Morgan fingerprint density at radius 2 is 1.59 bits per heavy atom. The summed E-state index contributed by atoms with van der Waals surface area (Å²) in [6.07, 6.45) is 0.654. The first-order chi connectivity index (χ1) is 15.5. The second kappa shape index (κ2) is 10.9. The number of hydrogen-bond acceptors (Lipinski definition) is 6. The summed E-state index contributed by atoms with van der Waals surface area (Å²) in [6.45, 7) is 1.03. The number of hydrogen-bond donors (Lipinski definition) is 1. The van der Waals surface area contributed by atoms with Gasteiger partial charge >= 0.3 is 0 Å². The molecule has 170 valence electrons. The summed E-state index contributed by atoms with van der Waals surface area (Å²) in [4.78, 5) is 29.4. The molecule has 1 aliphatic rings. The van der Waals surface area contributed by atoms with Crippen molar-refractivity contribution in [2.24, 2.45) is 0 Å². The van der Waals surface area contributed by atoms with Crippen molar-refractivity contribution in [3.8, 4) is 11.5 Å². The summed E-state index contributed by atoms with van der Waals surface area (Å²) in [7, 11) is 4.78. The van der Waals surface area contributed by atoms with E-state index in [1.165, 1.54) is 4.90 Å². The van der Waals surface area contributed by atoms with Crippen molar-refractivity contribution < 1.29 is 23.8 Å². The highest BCUT2D eigenvalue weighted by molar-refractivity contribution is 7.80. The van der Waals surface area contributed by atoms with Crippen molar-refractivity contribution >= 4 is 40.5 Å². The van der Waals surface area contributed by atoms with Gasteiger partial charge in [0, 0.05) is 25.9 Å². The van der Waals surface area contributed by atoms with E-state index in [1.54, 1.807) is 74.8 Å². The number of thiocarbonyl (C=S) groups is 1. The largest absolute Gasteiger partial charge is 0.497 e. The molecular weight excluding hydrogens is 430 g/mol. The van der Waals surface area contributed by atoms with Crippen LogP contribution in [0.1, 0.15) is 12.8 Å². The Bertz CT molecular complexity index is 949. The fraction of sp³-hybridized carbons (Fsp3) is 0.348. The number of anilines is 2. The molecule has 0 bridgehead atoms. The lowest BCUT2D eigenvalue weighted by atomic mass is 10.1. The minimum absolute atomic E-state index is 0.0232. The number of rotatable bonds is 10. The van der Waals surface area contributed by atoms with Gasteiger partial charge < -0.3 is 24.4 Å². The standard InChI is InChI=1S/C23H27N3O5S/c1-29-14-4-13-25-20(15-21(27)24-16-5-9-18(30-2)10-6-16)22(28)26(23(25)32)17-7-11-19(31-3)12-8-17/h5-12,20H,4,13-15H2,1-3H3,(H,24,27)/t20-/m1/s1. The van der Waals surface area contributed by atoms with Gasteiger partial charge in [0.2, 0.25) is 5.91 Å². The van der Waals surface area contributed by atoms with Gasteiger partial charge in [-0.3, -0.25) is 14.5 Å². The summed E-state index contributed by atoms with van der Waals surface area (Å²) in [5.41, 5.74) is 1.26. The third-order valence-electron chi connectivity index (χ3n) is 5.15. The summed E-state index contributed by atoms with van der Waals surface area (Å²) < 4.78 is 15.5. The lowest BCUT2D eigenvalue weighted by molar-refractivity contribution is -0.124. The molecule has 0 aromatic heterocycles. The van der Waals surface area contributed by atoms with E-state index in [9.17, 15) is 9.59 Å². The highest BCUT2D eigenvalue weighted by Crippen LogP contribution is 2.29. The van der Waals surface area contributed by atoms with Gasteiger partial charge in [0.25, 0.3) is 5.91 Å². The maximum Gasteiger partial charge on any atom is 0.256 e. The Labute approximate surface area is 193 Å². The Kier molecular flexibility index (Phi) is 8.02. The van der Waals surface area contributed by atoms with E-state index in [0.717, 1.165) is 0 Å². The fourth-order valence-corrected chi connectivity index (χ4v) is 3.91. The molecule has 2 amide bonds. The molecule has 0 spiro atoms. The maximum absolute atomic E-state index is 13.3. The number of benzene rings is 2. The molecule has 0 aliphatic carbocycles. The fourth-order valence-electron chi connectivity index (χ4n) is 3.50. The van der Waals surface area contributed by atoms with E-state index in [2.05, 4.69) is 5.32 Å². The van der Waals surface area contributed by atoms with E-state index in [0.29, 0.717) is 47.6 Å². The molecular formula is C23H27N3O5S. The smallest absolute Gasteiger partial charge is 0.256 e. The first kappa shape index (κ1) is 23.5. The van der Waals surface area contributed by atoms with Crippen LogP contribution in [0.2, 0.25) is 0 Å². The third-order valence-corrected chi connectivity index (χ3v) is 5.57. The molecule has 1 N–H and O–H groups in total. The van der Waals surface area contributed by atoms with Crippen LogP contribution >= 0.6 is 12.2 Å². The van der Waals surface area contributed by atoms with Gasteiger partial charge in [-0.1, -0.05) is 0 Å². The van der Waals surface area contributed by atoms with E-state index in [1.807, 2.05) is 0 Å². The average molecular weight is 458 g/mol. The van der Waals surface area contributed by atoms with Gasteiger partial charge in [0.15, 0.2) is 5.11 Å². The Balaban J connectivity index is 1.77. The first-order valence-electron chi connectivity index (χ1n) is 10.2. The van der Waals surface area contributed by atoms with E-state index in [4.69, 9.17) is 26.4 Å². The van der Waals surface area contributed by atoms with Crippen LogP contribution in [0, 0.1) is 0 Å². The molecule has 1 fully saturated rings. The predicted molar refractivity (Wildman–Crippen MR) is 126 cm³/mol. The SMILES string of the molecule is COCCCN1C(=S)N(c2ccc(OC)cc2)C(=O)[C@H]1CC(=O)Nc1ccc(OC)cc1. The topological polar surface area (TPSA) is 80.3 Å². The van der Waals surface area contributed by atoms with Crippen LogP contribution in [-0.4, -0.2) is 62.3 Å². The number of nitrogens with one attached hydrogen (secondary N) is 1. The van der Waals surface area contributed by atoms with Gasteiger partial charge in [0.05, 0.1) is 26.3 Å². The zero-order valence-electron chi connectivity index (χ0n) is 18.4. The van der Waals surface area contributed by atoms with Crippen molar-refractivity contribution in [3.63, 3.8) is 0 Å². The molecule has 0 saturated carbocycles. The molecule has 3 rings (SSSR count). The molecule has 8 nitrogen and oxygen atoms in total. The van der Waals surface area contributed by atoms with E-state index < -0.39 is 6.04 Å². The van der Waals surface area contributed by atoms with Crippen molar-refractivity contribution in [1.82, 2.24) is 4.90 Å². The summed E-state index contributed by atoms with van der Waals surface area (Å²) >= 11 is 5.63. The molecule has 2 aromatic carbocycles. The number of amides is 2. The van der Waals surface area contributed by atoms with Crippen molar-refractivity contribution in [3.05, 3.63) is 48.5 Å². The van der Waals surface area contributed by atoms with Gasteiger partial charge in [-0.05, 0) is 67.2 Å². The summed E-state index contributed by atoms with van der Waals surface area (Å²) in [5, 5.41) is 3.21. The molecule has 1 heterocycles. The van der Waals surface area contributed by atoms with Gasteiger partial charge in [0.1, 0.15) is 17.5 Å². The number of nitrogens with zero attached hydrogens (tertiary/aromatic N) is 2. The summed E-state index contributed by atoms with van der Waals surface area (Å²) in [6, 6.07) is 13.4. The number of ether oxygens (including phenoxy) is 3. The molecule has 0 radical (unpaired) electrons. The number of carbonyl (C=O) groups excluding carboxylic acids is 2. The normalized spacial score (nSPS) is 15.8. The molecule has 0 unspecified atom stereocenters. The summed E-state index contributed by atoms with van der Waals surface area (Å²) in [5.74, 6) is 0.865. The van der Waals surface area contributed by atoms with Crippen LogP contribution in [0.5, 0.6) is 11.5 Å². The highest BCUT2D eigenvalue weighted by atomic mass is 32.1. The third kappa shape index (κ3) is 5.35. The average Bonchev–Trinajstić information content (AvgIpc) is 3.03. The lowest BCUT2D eigenvalue weighted by Gasteiger charge is -2.23. The quantitative estimate of drug-likeness (QED) is 0.434. The van der Waals surface area contributed by atoms with Crippen LogP contribution in [0.4, 0.5) is 11.4 Å². The molecule has 1 aliphatic heterocycles. The van der Waals surface area contributed by atoms with Gasteiger partial charge in [-0.15, -0.1) is 0 Å². The Hall–Kier alpha value is -3.17. The van der Waals surface area contributed by atoms with Crippen LogP contribution < -0.4 is 19.7 Å². The molecule has 1 atom stereocenters. The van der Waals surface area contributed by atoms with Gasteiger partial charge in [-0.25, -0.2) is 0 Å². The molecule has 9 heteroatoms. The van der Waals surface area contributed by atoms with Crippen LogP contribution in [-0.2, 0) is 14.3 Å². The molecule has 32 heavy (non-hydrogen) atoms. The minimum Gasteiger partial charge on any atom is -0.497 e. The van der Waals surface area contributed by atoms with Gasteiger partial charge in [-0.2, -0.15) is 0 Å². The minimum atomic E-state index is -0.695. The Morgan fingerprint density at radius 1 is 1.00 bits per heavy atom. The second-order valence-electron chi connectivity index (χ2n) is 7.19. The Morgan fingerprint density at radius 3 is 2.16 bits per heavy atom. The van der Waals surface area contributed by atoms with Crippen molar-refractivity contribution in [2.45, 2.75) is 18.9 Å². The zero-order valence-corrected chi connectivity index (χ0v) is 19.2. The lowest BCUT2D eigenvalue weighted by Crippen LogP contribution is -2.38. The van der Waals surface area contributed by atoms with Crippen LogP contribution in [0.25, 0.3) is 0 Å². The monoisotopic (exact) mass is 457 g/mol. The molecule has 2 aromatic rings. The predicted octanol–water partition coefficient (Wildman–Crippen LogP) is 3.07. The van der Waals surface area contributed by atoms with E-state index >= 15 is 0 Å². The first-order valence-corrected chi connectivity index (χ1v) is 10.6. The van der Waals surface area contributed by atoms with E-state index in [-0.39, 0.29) is 18.2 Å². The van der Waals surface area contributed by atoms with Crippen LogP contribution in [0.3, 0.4) is 0 Å².